The number of hydrogen-bond donors (Lipinski definition) is 0. The Kier molecular flexibility index (Phi) is 4.88. The molecule has 6 nitrogen and oxygen atoms in total. The van der Waals surface area contributed by atoms with Crippen LogP contribution in [0.2, 0.25) is 5.02 Å². The second-order valence-corrected chi connectivity index (χ2v) is 9.81. The molecule has 1 fully saturated rings. The summed E-state index contributed by atoms with van der Waals surface area (Å²) in [5.41, 5.74) is 4.13. The highest BCUT2D eigenvalue weighted by molar-refractivity contribution is 7.91. The fourth-order valence-electron chi connectivity index (χ4n) is 3.73. The number of hydrogen-bond acceptors (Lipinski definition) is 5. The van der Waals surface area contributed by atoms with Crippen LogP contribution in [-0.4, -0.2) is 47.5 Å². The van der Waals surface area contributed by atoms with Crippen LogP contribution < -0.4 is 0 Å². The first kappa shape index (κ1) is 18.9. The Morgan fingerprint density at radius 1 is 1.21 bits per heavy atom. The van der Waals surface area contributed by atoms with Crippen molar-refractivity contribution in [2.45, 2.75) is 6.54 Å². The molecule has 1 aliphatic heterocycles. The number of aromatic nitrogens is 2. The predicted molar refractivity (Wildman–Crippen MR) is 110 cm³/mol. The molecule has 0 N–H and O–H groups in total. The quantitative estimate of drug-likeness (QED) is 0.658. The Balaban J connectivity index is 1.70. The third-order valence-corrected chi connectivity index (χ3v) is 7.03. The Hall–Kier alpha value is -2.40. The first-order valence-corrected chi connectivity index (χ1v) is 11.1. The van der Waals surface area contributed by atoms with Crippen molar-refractivity contribution in [1.29, 1.82) is 5.26 Å². The van der Waals surface area contributed by atoms with Crippen molar-refractivity contribution in [1.82, 2.24) is 14.5 Å². The molecular weight excluding hydrogens is 396 g/mol. The van der Waals surface area contributed by atoms with Gasteiger partial charge in [-0.1, -0.05) is 11.6 Å². The molecule has 28 heavy (non-hydrogen) atoms. The summed E-state index contributed by atoms with van der Waals surface area (Å²) in [4.78, 5) is 6.48. The van der Waals surface area contributed by atoms with E-state index in [4.69, 9.17) is 11.6 Å². The summed E-state index contributed by atoms with van der Waals surface area (Å²) >= 11 is 6.14. The van der Waals surface area contributed by atoms with Gasteiger partial charge in [0.2, 0.25) is 0 Å². The maximum atomic E-state index is 11.6. The predicted octanol–water partition coefficient (Wildman–Crippen LogP) is 3.00. The van der Waals surface area contributed by atoms with E-state index in [0.29, 0.717) is 30.2 Å². The van der Waals surface area contributed by atoms with Gasteiger partial charge >= 0.3 is 0 Å². The summed E-state index contributed by atoms with van der Waals surface area (Å²) in [5, 5.41) is 11.2. The first-order chi connectivity index (χ1) is 13.4. The summed E-state index contributed by atoms with van der Waals surface area (Å²) in [5.74, 6) is 0.394. The van der Waals surface area contributed by atoms with Gasteiger partial charge in [0, 0.05) is 55.0 Å². The normalized spacial score (nSPS) is 16.9. The molecule has 3 aromatic rings. The molecule has 0 spiro atoms. The van der Waals surface area contributed by atoms with E-state index in [0.717, 1.165) is 27.7 Å². The second kappa shape index (κ2) is 7.21. The summed E-state index contributed by atoms with van der Waals surface area (Å²) in [6, 6.07) is 9.84. The van der Waals surface area contributed by atoms with Crippen molar-refractivity contribution in [3.63, 3.8) is 0 Å². The second-order valence-electron chi connectivity index (χ2n) is 7.07. The molecule has 0 amide bonds. The van der Waals surface area contributed by atoms with Gasteiger partial charge in [0.15, 0.2) is 9.84 Å². The molecule has 0 saturated carbocycles. The van der Waals surface area contributed by atoms with Crippen LogP contribution in [0.25, 0.3) is 22.2 Å². The summed E-state index contributed by atoms with van der Waals surface area (Å²) in [6.45, 7) is 1.69. The van der Waals surface area contributed by atoms with E-state index in [2.05, 4.69) is 16.0 Å². The number of benzene rings is 1. The Morgan fingerprint density at radius 2 is 1.96 bits per heavy atom. The standard InChI is InChI=1S/C20H19ClN4O2S/c1-24-19-9-16(21)2-3-17(19)18(10-22)20(24)15-8-14(11-23-12-15)13-25-4-6-28(26,27)7-5-25/h2-3,8-9,11-12H,4-7,13H2,1H3. The number of fused-ring (bicyclic) bond motifs is 1. The lowest BCUT2D eigenvalue weighted by Crippen LogP contribution is -2.39. The maximum Gasteiger partial charge on any atom is 0.152 e. The fraction of sp³-hybridized carbons (Fsp3) is 0.300. The lowest BCUT2D eigenvalue weighted by molar-refractivity contribution is 0.287. The van der Waals surface area contributed by atoms with E-state index < -0.39 is 9.84 Å². The van der Waals surface area contributed by atoms with Crippen LogP contribution in [-0.2, 0) is 23.4 Å². The zero-order valence-corrected chi connectivity index (χ0v) is 17.0. The lowest BCUT2D eigenvalue weighted by atomic mass is 10.1. The van der Waals surface area contributed by atoms with E-state index in [-0.39, 0.29) is 11.5 Å². The molecule has 0 atom stereocenters. The summed E-state index contributed by atoms with van der Waals surface area (Å²) < 4.78 is 25.2. The minimum atomic E-state index is -2.90. The average molecular weight is 415 g/mol. The molecule has 0 bridgehead atoms. The number of rotatable bonds is 3. The van der Waals surface area contributed by atoms with Crippen LogP contribution in [0.5, 0.6) is 0 Å². The van der Waals surface area contributed by atoms with Crippen molar-refractivity contribution in [2.24, 2.45) is 7.05 Å². The average Bonchev–Trinajstić information content (AvgIpc) is 2.95. The molecule has 1 aromatic carbocycles. The third kappa shape index (κ3) is 3.51. The summed E-state index contributed by atoms with van der Waals surface area (Å²) in [6.07, 6.45) is 3.54. The SMILES string of the molecule is Cn1c(-c2cncc(CN3CCS(=O)(=O)CC3)c2)c(C#N)c2ccc(Cl)cc21. The van der Waals surface area contributed by atoms with E-state index in [1.165, 1.54) is 0 Å². The Bertz CT molecular complexity index is 1200. The topological polar surface area (TPSA) is 79.0 Å². The monoisotopic (exact) mass is 414 g/mol. The number of sulfone groups is 1. The number of aryl methyl sites for hydroxylation is 1. The van der Waals surface area contributed by atoms with Crippen LogP contribution >= 0.6 is 11.6 Å². The van der Waals surface area contributed by atoms with E-state index >= 15 is 0 Å². The van der Waals surface area contributed by atoms with Crippen molar-refractivity contribution in [3.8, 4) is 17.3 Å². The lowest BCUT2D eigenvalue weighted by Gasteiger charge is -2.26. The third-order valence-electron chi connectivity index (χ3n) is 5.19. The number of nitriles is 1. The van der Waals surface area contributed by atoms with Crippen LogP contribution in [0.15, 0.2) is 36.7 Å². The van der Waals surface area contributed by atoms with E-state index in [9.17, 15) is 13.7 Å². The molecule has 2 aromatic heterocycles. The van der Waals surface area contributed by atoms with Crippen molar-refractivity contribution >= 4 is 32.3 Å². The van der Waals surface area contributed by atoms with Crippen LogP contribution in [0, 0.1) is 11.3 Å². The minimum absolute atomic E-state index is 0.197. The van der Waals surface area contributed by atoms with Gasteiger partial charge < -0.3 is 4.57 Å². The molecule has 4 rings (SSSR count). The Morgan fingerprint density at radius 3 is 2.68 bits per heavy atom. The van der Waals surface area contributed by atoms with E-state index in [1.54, 1.807) is 18.5 Å². The molecule has 3 heterocycles. The molecule has 0 aliphatic carbocycles. The molecule has 8 heteroatoms. The number of halogens is 1. The number of pyridine rings is 1. The van der Waals surface area contributed by atoms with Gasteiger partial charge in [-0.2, -0.15) is 5.26 Å². The van der Waals surface area contributed by atoms with Crippen molar-refractivity contribution < 1.29 is 8.42 Å². The van der Waals surface area contributed by atoms with Gasteiger partial charge in [-0.3, -0.25) is 9.88 Å². The molecule has 0 radical (unpaired) electrons. The highest BCUT2D eigenvalue weighted by Crippen LogP contribution is 2.34. The first-order valence-electron chi connectivity index (χ1n) is 8.93. The molecular formula is C20H19ClN4O2S. The van der Waals surface area contributed by atoms with Gasteiger partial charge in [0.25, 0.3) is 0 Å². The summed E-state index contributed by atoms with van der Waals surface area (Å²) in [7, 11) is -0.986. The minimum Gasteiger partial charge on any atom is -0.342 e. The highest BCUT2D eigenvalue weighted by Gasteiger charge is 2.22. The fourth-order valence-corrected chi connectivity index (χ4v) is 5.17. The van der Waals surface area contributed by atoms with Gasteiger partial charge in [-0.15, -0.1) is 0 Å². The smallest absolute Gasteiger partial charge is 0.152 e. The largest absolute Gasteiger partial charge is 0.342 e. The molecule has 0 unspecified atom stereocenters. The van der Waals surface area contributed by atoms with Crippen LogP contribution in [0.4, 0.5) is 0 Å². The van der Waals surface area contributed by atoms with Crippen LogP contribution in [0.1, 0.15) is 11.1 Å². The molecule has 1 saturated heterocycles. The Labute approximate surface area is 168 Å². The molecule has 1 aliphatic rings. The van der Waals surface area contributed by atoms with Crippen LogP contribution in [0.3, 0.4) is 0 Å². The van der Waals surface area contributed by atoms with Gasteiger partial charge in [0.05, 0.1) is 28.3 Å². The van der Waals surface area contributed by atoms with Gasteiger partial charge in [-0.25, -0.2) is 8.42 Å². The highest BCUT2D eigenvalue weighted by atomic mass is 35.5. The van der Waals surface area contributed by atoms with E-state index in [1.807, 2.05) is 29.8 Å². The number of nitrogens with zero attached hydrogens (tertiary/aromatic N) is 4. The molecule has 144 valence electrons. The van der Waals surface area contributed by atoms with Crippen molar-refractivity contribution in [3.05, 3.63) is 52.8 Å². The van der Waals surface area contributed by atoms with Gasteiger partial charge in [-0.05, 0) is 29.8 Å². The maximum absolute atomic E-state index is 11.6. The van der Waals surface area contributed by atoms with Gasteiger partial charge in [0.1, 0.15) is 6.07 Å². The zero-order valence-electron chi connectivity index (χ0n) is 15.4. The zero-order chi connectivity index (χ0) is 19.9. The van der Waals surface area contributed by atoms with Crippen molar-refractivity contribution in [2.75, 3.05) is 24.6 Å².